The van der Waals surface area contributed by atoms with Crippen LogP contribution >= 0.6 is 11.3 Å². The van der Waals surface area contributed by atoms with E-state index in [0.29, 0.717) is 22.1 Å². The fourth-order valence-electron chi connectivity index (χ4n) is 1.91. The van der Waals surface area contributed by atoms with Crippen LogP contribution in [0.25, 0.3) is 10.2 Å². The largest absolute Gasteiger partial charge is 0.495 e. The molecule has 2 N–H and O–H groups in total. The van der Waals surface area contributed by atoms with Crippen LogP contribution in [0.15, 0.2) is 36.7 Å². The highest BCUT2D eigenvalue weighted by Gasteiger charge is 2.09. The second-order valence-corrected chi connectivity index (χ2v) is 5.54. The quantitative estimate of drug-likeness (QED) is 0.770. The van der Waals surface area contributed by atoms with Crippen LogP contribution in [0.5, 0.6) is 5.75 Å². The van der Waals surface area contributed by atoms with Gasteiger partial charge in [0.15, 0.2) is 5.13 Å². The van der Waals surface area contributed by atoms with E-state index in [-0.39, 0.29) is 0 Å². The fraction of sp³-hybridized carbons (Fsp3) is 0.0667. The molecule has 3 rings (SSSR count). The predicted molar refractivity (Wildman–Crippen MR) is 87.8 cm³/mol. The van der Waals surface area contributed by atoms with E-state index in [9.17, 15) is 4.79 Å². The zero-order valence-corrected chi connectivity index (χ0v) is 12.8. The number of nitrogens with zero attached hydrogens (tertiary/aromatic N) is 3. The van der Waals surface area contributed by atoms with Crippen molar-refractivity contribution in [3.05, 3.63) is 42.2 Å². The van der Waals surface area contributed by atoms with Gasteiger partial charge >= 0.3 is 6.03 Å². The number of carbonyl (C=O) groups excluding carboxylic acids is 1. The van der Waals surface area contributed by atoms with Gasteiger partial charge in [0.2, 0.25) is 0 Å². The Kier molecular flexibility index (Phi) is 4.03. The third-order valence-corrected chi connectivity index (χ3v) is 3.88. The highest BCUT2D eigenvalue weighted by molar-refractivity contribution is 7.22. The summed E-state index contributed by atoms with van der Waals surface area (Å²) in [6.45, 7) is 0. The van der Waals surface area contributed by atoms with E-state index in [4.69, 9.17) is 10.00 Å². The molecule has 2 amide bonds. The first-order valence-electron chi connectivity index (χ1n) is 6.55. The molecule has 0 saturated heterocycles. The summed E-state index contributed by atoms with van der Waals surface area (Å²) in [5.41, 5.74) is 1.79. The summed E-state index contributed by atoms with van der Waals surface area (Å²) in [6.07, 6.45) is 3.06. The van der Waals surface area contributed by atoms with Crippen molar-refractivity contribution in [1.82, 2.24) is 9.97 Å². The Morgan fingerprint density at radius 2 is 2.17 bits per heavy atom. The molecule has 0 bridgehead atoms. The number of ether oxygens (including phenoxy) is 1. The van der Waals surface area contributed by atoms with Gasteiger partial charge in [-0.2, -0.15) is 5.26 Å². The van der Waals surface area contributed by atoms with E-state index < -0.39 is 6.03 Å². The van der Waals surface area contributed by atoms with Gasteiger partial charge < -0.3 is 10.1 Å². The third kappa shape index (κ3) is 3.36. The number of hydrogen-bond acceptors (Lipinski definition) is 6. The Morgan fingerprint density at radius 3 is 2.96 bits per heavy atom. The Hall–Kier alpha value is -3.18. The molecule has 1 aromatic carbocycles. The number of thiazole rings is 1. The minimum absolute atomic E-state index is 0.431. The van der Waals surface area contributed by atoms with Crippen molar-refractivity contribution in [3.8, 4) is 11.8 Å². The number of benzene rings is 1. The summed E-state index contributed by atoms with van der Waals surface area (Å²) in [5, 5.41) is 14.7. The molecule has 3 aromatic rings. The van der Waals surface area contributed by atoms with Crippen molar-refractivity contribution in [2.75, 3.05) is 17.7 Å². The molecule has 0 radical (unpaired) electrons. The SMILES string of the molecule is COc1cncc(NC(=O)Nc2nc3ccc(C#N)cc3s2)c1. The van der Waals surface area contributed by atoms with Gasteiger partial charge in [-0.15, -0.1) is 0 Å². The first kappa shape index (κ1) is 14.7. The number of anilines is 2. The second-order valence-electron chi connectivity index (χ2n) is 4.51. The number of methoxy groups -OCH3 is 1. The molecule has 114 valence electrons. The molecule has 2 aromatic heterocycles. The van der Waals surface area contributed by atoms with Crippen LogP contribution in [0, 0.1) is 11.3 Å². The van der Waals surface area contributed by atoms with Crippen LogP contribution in [-0.4, -0.2) is 23.1 Å². The number of rotatable bonds is 3. The van der Waals surface area contributed by atoms with Crippen molar-refractivity contribution in [2.45, 2.75) is 0 Å². The van der Waals surface area contributed by atoms with Crippen LogP contribution in [0.2, 0.25) is 0 Å². The van der Waals surface area contributed by atoms with Gasteiger partial charge in [-0.25, -0.2) is 9.78 Å². The number of hydrogen-bond donors (Lipinski definition) is 2. The van der Waals surface area contributed by atoms with Gasteiger partial charge in [0.05, 0.1) is 47.0 Å². The van der Waals surface area contributed by atoms with E-state index in [1.165, 1.54) is 24.6 Å². The number of aromatic nitrogens is 2. The molecule has 0 atom stereocenters. The number of pyridine rings is 1. The average molecular weight is 325 g/mol. The molecular formula is C15H11N5O2S. The van der Waals surface area contributed by atoms with Crippen LogP contribution in [0.4, 0.5) is 15.6 Å². The van der Waals surface area contributed by atoms with Crippen LogP contribution in [0.3, 0.4) is 0 Å². The summed E-state index contributed by atoms with van der Waals surface area (Å²) < 4.78 is 5.88. The number of nitriles is 1. The maximum absolute atomic E-state index is 12.0. The van der Waals surface area contributed by atoms with Crippen molar-refractivity contribution in [3.63, 3.8) is 0 Å². The normalized spacial score (nSPS) is 10.1. The molecule has 0 aliphatic rings. The average Bonchev–Trinajstić information content (AvgIpc) is 2.95. The van der Waals surface area contributed by atoms with Gasteiger partial charge in [-0.3, -0.25) is 10.3 Å². The Bertz CT molecular complexity index is 916. The molecule has 0 unspecified atom stereocenters. The monoisotopic (exact) mass is 325 g/mol. The molecule has 0 spiro atoms. The summed E-state index contributed by atoms with van der Waals surface area (Å²) in [4.78, 5) is 20.3. The topological polar surface area (TPSA) is 99.9 Å². The number of fused-ring (bicyclic) bond motifs is 1. The molecular weight excluding hydrogens is 314 g/mol. The number of nitrogens with one attached hydrogen (secondary N) is 2. The third-order valence-electron chi connectivity index (χ3n) is 2.94. The first-order valence-corrected chi connectivity index (χ1v) is 7.37. The van der Waals surface area contributed by atoms with Crippen molar-refractivity contribution < 1.29 is 9.53 Å². The van der Waals surface area contributed by atoms with Crippen LogP contribution in [0.1, 0.15) is 5.56 Å². The number of carbonyl (C=O) groups is 1. The van der Waals surface area contributed by atoms with E-state index in [1.807, 2.05) is 0 Å². The lowest BCUT2D eigenvalue weighted by molar-refractivity contribution is 0.262. The van der Waals surface area contributed by atoms with Crippen LogP contribution < -0.4 is 15.4 Å². The molecule has 8 heteroatoms. The van der Waals surface area contributed by atoms with E-state index in [0.717, 1.165) is 10.2 Å². The zero-order valence-electron chi connectivity index (χ0n) is 12.0. The summed E-state index contributed by atoms with van der Waals surface area (Å²) in [7, 11) is 1.53. The van der Waals surface area contributed by atoms with E-state index in [1.54, 1.807) is 30.5 Å². The Balaban J connectivity index is 1.73. The highest BCUT2D eigenvalue weighted by atomic mass is 32.1. The van der Waals surface area contributed by atoms with Crippen molar-refractivity contribution in [2.24, 2.45) is 0 Å². The van der Waals surface area contributed by atoms with Crippen molar-refractivity contribution >= 4 is 38.4 Å². The molecule has 0 saturated carbocycles. The van der Waals surface area contributed by atoms with Gasteiger partial charge in [0, 0.05) is 6.07 Å². The summed E-state index contributed by atoms with van der Waals surface area (Å²) in [5.74, 6) is 0.548. The first-order chi connectivity index (χ1) is 11.2. The Labute approximate surface area is 135 Å². The maximum Gasteiger partial charge on any atom is 0.325 e. The molecule has 7 nitrogen and oxygen atoms in total. The highest BCUT2D eigenvalue weighted by Crippen LogP contribution is 2.26. The number of urea groups is 1. The van der Waals surface area contributed by atoms with Crippen LogP contribution in [-0.2, 0) is 0 Å². The smallest absolute Gasteiger partial charge is 0.325 e. The molecule has 23 heavy (non-hydrogen) atoms. The molecule has 0 aliphatic carbocycles. The van der Waals surface area contributed by atoms with Gasteiger partial charge in [0.25, 0.3) is 0 Å². The second kappa shape index (κ2) is 6.29. The van der Waals surface area contributed by atoms with Gasteiger partial charge in [-0.1, -0.05) is 11.3 Å². The minimum atomic E-state index is -0.431. The fourth-order valence-corrected chi connectivity index (χ4v) is 2.81. The summed E-state index contributed by atoms with van der Waals surface area (Å²) in [6, 6.07) is 8.47. The number of amides is 2. The minimum Gasteiger partial charge on any atom is -0.495 e. The van der Waals surface area contributed by atoms with Crippen molar-refractivity contribution in [1.29, 1.82) is 5.26 Å². The summed E-state index contributed by atoms with van der Waals surface area (Å²) >= 11 is 1.30. The lowest BCUT2D eigenvalue weighted by Crippen LogP contribution is -2.19. The lowest BCUT2D eigenvalue weighted by Gasteiger charge is -2.06. The zero-order chi connectivity index (χ0) is 16.2. The standard InChI is InChI=1S/C15H11N5O2S/c1-22-11-5-10(7-17-8-11)18-14(21)20-15-19-12-3-2-9(6-16)4-13(12)23-15/h2-5,7-8H,1H3,(H2,18,19,20,21). The lowest BCUT2D eigenvalue weighted by atomic mass is 10.2. The molecule has 0 aliphatic heterocycles. The van der Waals surface area contributed by atoms with E-state index in [2.05, 4.69) is 26.7 Å². The Morgan fingerprint density at radius 1 is 1.30 bits per heavy atom. The predicted octanol–water partition coefficient (Wildman–Crippen LogP) is 3.22. The van der Waals surface area contributed by atoms with Gasteiger partial charge in [0.1, 0.15) is 5.75 Å². The molecule has 0 fully saturated rings. The van der Waals surface area contributed by atoms with Gasteiger partial charge in [-0.05, 0) is 18.2 Å². The maximum atomic E-state index is 12.0. The van der Waals surface area contributed by atoms with E-state index >= 15 is 0 Å². The molecule has 2 heterocycles.